The predicted octanol–water partition coefficient (Wildman–Crippen LogP) is 3.24. The van der Waals surface area contributed by atoms with Crippen LogP contribution in [0.1, 0.15) is 12.5 Å². The molecule has 0 amide bonds. The van der Waals surface area contributed by atoms with Gasteiger partial charge in [-0.05, 0) is 25.1 Å². The Bertz CT molecular complexity index is 576. The van der Waals surface area contributed by atoms with E-state index < -0.39 is 5.95 Å². The van der Waals surface area contributed by atoms with Crippen molar-refractivity contribution in [1.29, 1.82) is 0 Å². The molecule has 106 valence electrons. The number of hydrogen-bond donors (Lipinski definition) is 1. The van der Waals surface area contributed by atoms with Gasteiger partial charge in [0.1, 0.15) is 5.82 Å². The highest BCUT2D eigenvalue weighted by molar-refractivity contribution is 5.48. The number of aromatic nitrogens is 1. The van der Waals surface area contributed by atoms with Crippen LogP contribution < -0.4 is 14.8 Å². The van der Waals surface area contributed by atoms with Crippen molar-refractivity contribution in [1.82, 2.24) is 4.98 Å². The van der Waals surface area contributed by atoms with E-state index in [4.69, 9.17) is 9.47 Å². The summed E-state index contributed by atoms with van der Waals surface area (Å²) in [5, 5.41) is 3.06. The quantitative estimate of drug-likeness (QED) is 0.823. The highest BCUT2D eigenvalue weighted by Gasteiger charge is 2.09. The first-order valence-corrected chi connectivity index (χ1v) is 6.39. The van der Waals surface area contributed by atoms with Crippen LogP contribution in [0.3, 0.4) is 0 Å². The molecule has 0 radical (unpaired) electrons. The van der Waals surface area contributed by atoms with Crippen LogP contribution in [0.15, 0.2) is 36.4 Å². The second-order valence-electron chi connectivity index (χ2n) is 4.08. The molecule has 1 aromatic heterocycles. The van der Waals surface area contributed by atoms with E-state index in [1.54, 1.807) is 19.2 Å². The van der Waals surface area contributed by atoms with Crippen LogP contribution in [-0.4, -0.2) is 18.7 Å². The molecule has 0 fully saturated rings. The number of anilines is 1. The van der Waals surface area contributed by atoms with Gasteiger partial charge in [-0.3, -0.25) is 0 Å². The second-order valence-corrected chi connectivity index (χ2v) is 4.08. The van der Waals surface area contributed by atoms with Crippen molar-refractivity contribution in [3.05, 3.63) is 47.9 Å². The van der Waals surface area contributed by atoms with Gasteiger partial charge in [-0.25, -0.2) is 4.98 Å². The van der Waals surface area contributed by atoms with E-state index in [1.807, 2.05) is 25.1 Å². The van der Waals surface area contributed by atoms with Crippen LogP contribution in [0, 0.1) is 5.95 Å². The third kappa shape index (κ3) is 3.38. The lowest BCUT2D eigenvalue weighted by atomic mass is 10.2. The molecule has 0 saturated heterocycles. The minimum absolute atomic E-state index is 0.473. The molecule has 0 unspecified atom stereocenters. The minimum atomic E-state index is -0.509. The van der Waals surface area contributed by atoms with Crippen molar-refractivity contribution in [2.24, 2.45) is 0 Å². The van der Waals surface area contributed by atoms with Crippen molar-refractivity contribution >= 4 is 5.82 Å². The first-order valence-electron chi connectivity index (χ1n) is 6.39. The van der Waals surface area contributed by atoms with E-state index in [1.165, 1.54) is 6.07 Å². The highest BCUT2D eigenvalue weighted by atomic mass is 19.1. The summed E-state index contributed by atoms with van der Waals surface area (Å²) in [5.74, 6) is 1.35. The summed E-state index contributed by atoms with van der Waals surface area (Å²) in [6.45, 7) is 2.96. The van der Waals surface area contributed by atoms with Crippen LogP contribution in [0.5, 0.6) is 11.5 Å². The molecule has 0 aliphatic heterocycles. The Kier molecular flexibility index (Phi) is 4.76. The standard InChI is InChI=1S/C15H17FN2O2/c1-3-20-12-7-4-6-11(15(12)19-2)10-17-14-9-5-8-13(16)18-14/h4-9H,3,10H2,1-2H3,(H,17,18). The molecule has 0 aliphatic rings. The fourth-order valence-corrected chi connectivity index (χ4v) is 1.89. The zero-order valence-electron chi connectivity index (χ0n) is 11.5. The molecule has 2 rings (SSSR count). The van der Waals surface area contributed by atoms with E-state index in [-0.39, 0.29) is 0 Å². The van der Waals surface area contributed by atoms with Crippen LogP contribution in [0.2, 0.25) is 0 Å². The van der Waals surface area contributed by atoms with Gasteiger partial charge in [0.2, 0.25) is 5.95 Å². The number of para-hydroxylation sites is 1. The Hall–Kier alpha value is -2.30. The number of methoxy groups -OCH3 is 1. The van der Waals surface area contributed by atoms with Gasteiger partial charge in [0, 0.05) is 12.1 Å². The Morgan fingerprint density at radius 2 is 2.00 bits per heavy atom. The number of nitrogens with one attached hydrogen (secondary N) is 1. The third-order valence-corrected chi connectivity index (χ3v) is 2.74. The summed E-state index contributed by atoms with van der Waals surface area (Å²) in [6, 6.07) is 10.3. The molecule has 0 atom stereocenters. The van der Waals surface area contributed by atoms with Crippen molar-refractivity contribution in [2.45, 2.75) is 13.5 Å². The Labute approximate surface area is 117 Å². The molecule has 1 heterocycles. The van der Waals surface area contributed by atoms with Gasteiger partial charge < -0.3 is 14.8 Å². The lowest BCUT2D eigenvalue weighted by Gasteiger charge is -2.14. The molecular formula is C15H17FN2O2. The van der Waals surface area contributed by atoms with E-state index in [0.29, 0.717) is 30.5 Å². The molecule has 0 aliphatic carbocycles. The number of hydrogen-bond acceptors (Lipinski definition) is 4. The zero-order chi connectivity index (χ0) is 14.4. The summed E-state index contributed by atoms with van der Waals surface area (Å²) in [6.07, 6.45) is 0. The number of pyridine rings is 1. The number of benzene rings is 1. The number of nitrogens with zero attached hydrogens (tertiary/aromatic N) is 1. The van der Waals surface area contributed by atoms with Crippen molar-refractivity contribution < 1.29 is 13.9 Å². The maximum Gasteiger partial charge on any atom is 0.214 e. The molecule has 2 aromatic rings. The van der Waals surface area contributed by atoms with Gasteiger partial charge >= 0.3 is 0 Å². The lowest BCUT2D eigenvalue weighted by molar-refractivity contribution is 0.309. The van der Waals surface area contributed by atoms with E-state index in [0.717, 1.165) is 5.56 Å². The molecule has 20 heavy (non-hydrogen) atoms. The van der Waals surface area contributed by atoms with Crippen LogP contribution in [-0.2, 0) is 6.54 Å². The number of ether oxygens (including phenoxy) is 2. The summed E-state index contributed by atoms with van der Waals surface area (Å²) in [5.41, 5.74) is 0.921. The zero-order valence-corrected chi connectivity index (χ0v) is 11.5. The van der Waals surface area contributed by atoms with Gasteiger partial charge in [0.15, 0.2) is 11.5 Å². The topological polar surface area (TPSA) is 43.4 Å². The summed E-state index contributed by atoms with van der Waals surface area (Å²) < 4.78 is 23.9. The van der Waals surface area contributed by atoms with Gasteiger partial charge in [-0.2, -0.15) is 4.39 Å². The van der Waals surface area contributed by atoms with Crippen LogP contribution in [0.4, 0.5) is 10.2 Å². The Morgan fingerprint density at radius 1 is 1.20 bits per heavy atom. The Morgan fingerprint density at radius 3 is 2.70 bits per heavy atom. The van der Waals surface area contributed by atoms with E-state index in [9.17, 15) is 4.39 Å². The van der Waals surface area contributed by atoms with Gasteiger partial charge in [0.25, 0.3) is 0 Å². The summed E-state index contributed by atoms with van der Waals surface area (Å²) in [7, 11) is 1.60. The monoisotopic (exact) mass is 276 g/mol. The number of halogens is 1. The molecule has 5 heteroatoms. The van der Waals surface area contributed by atoms with Crippen LogP contribution >= 0.6 is 0 Å². The number of rotatable bonds is 6. The molecular weight excluding hydrogens is 259 g/mol. The molecule has 1 aromatic carbocycles. The molecule has 0 saturated carbocycles. The highest BCUT2D eigenvalue weighted by Crippen LogP contribution is 2.31. The van der Waals surface area contributed by atoms with Crippen LogP contribution in [0.25, 0.3) is 0 Å². The average molecular weight is 276 g/mol. The van der Waals surface area contributed by atoms with Gasteiger partial charge in [0.05, 0.1) is 13.7 Å². The molecule has 1 N–H and O–H groups in total. The third-order valence-electron chi connectivity index (χ3n) is 2.74. The first kappa shape index (κ1) is 14.1. The fourth-order valence-electron chi connectivity index (χ4n) is 1.89. The summed E-state index contributed by atoms with van der Waals surface area (Å²) in [4.78, 5) is 3.75. The van der Waals surface area contributed by atoms with Gasteiger partial charge in [-0.15, -0.1) is 0 Å². The first-order chi connectivity index (χ1) is 9.74. The maximum absolute atomic E-state index is 13.0. The summed E-state index contributed by atoms with van der Waals surface area (Å²) >= 11 is 0. The minimum Gasteiger partial charge on any atom is -0.493 e. The Balaban J connectivity index is 2.14. The normalized spacial score (nSPS) is 10.2. The molecule has 0 bridgehead atoms. The fraction of sp³-hybridized carbons (Fsp3) is 0.267. The largest absolute Gasteiger partial charge is 0.493 e. The van der Waals surface area contributed by atoms with E-state index >= 15 is 0 Å². The van der Waals surface area contributed by atoms with Crippen molar-refractivity contribution in [3.8, 4) is 11.5 Å². The smallest absolute Gasteiger partial charge is 0.214 e. The average Bonchev–Trinajstić information content (AvgIpc) is 2.45. The predicted molar refractivity (Wildman–Crippen MR) is 75.7 cm³/mol. The van der Waals surface area contributed by atoms with E-state index in [2.05, 4.69) is 10.3 Å². The molecule has 0 spiro atoms. The van der Waals surface area contributed by atoms with Gasteiger partial charge in [-0.1, -0.05) is 18.2 Å². The van der Waals surface area contributed by atoms with Crippen molar-refractivity contribution in [2.75, 3.05) is 19.0 Å². The lowest BCUT2D eigenvalue weighted by Crippen LogP contribution is -2.05. The molecule has 4 nitrogen and oxygen atoms in total. The van der Waals surface area contributed by atoms with Crippen molar-refractivity contribution in [3.63, 3.8) is 0 Å². The maximum atomic E-state index is 13.0. The second kappa shape index (κ2) is 6.75. The SMILES string of the molecule is CCOc1cccc(CNc2cccc(F)n2)c1OC.